The van der Waals surface area contributed by atoms with Gasteiger partial charge in [0.15, 0.2) is 0 Å². The maximum atomic E-state index is 5.57. The van der Waals surface area contributed by atoms with E-state index < -0.39 is 0 Å². The minimum Gasteiger partial charge on any atom is -0.325 e. The highest BCUT2D eigenvalue weighted by Gasteiger charge is 2.39. The lowest BCUT2D eigenvalue weighted by atomic mass is 10.0. The highest BCUT2D eigenvalue weighted by Crippen LogP contribution is 2.47. The van der Waals surface area contributed by atoms with Crippen LogP contribution in [0.1, 0.15) is 31.0 Å². The SMILES string of the molecule is CC1(c2ccc3nc(CN)cn3c2)CC1. The second-order valence-electron chi connectivity index (χ2n) is 4.68. The van der Waals surface area contributed by atoms with Crippen LogP contribution in [-0.4, -0.2) is 9.38 Å². The zero-order valence-corrected chi connectivity index (χ0v) is 8.90. The third kappa shape index (κ3) is 1.35. The van der Waals surface area contributed by atoms with Gasteiger partial charge in [-0.05, 0) is 29.9 Å². The molecule has 78 valence electrons. The van der Waals surface area contributed by atoms with E-state index in [1.165, 1.54) is 18.4 Å². The third-order valence-electron chi connectivity index (χ3n) is 3.41. The van der Waals surface area contributed by atoms with Crippen LogP contribution in [0.2, 0.25) is 0 Å². The maximum absolute atomic E-state index is 5.57. The highest BCUT2D eigenvalue weighted by molar-refractivity contribution is 5.44. The third-order valence-corrected chi connectivity index (χ3v) is 3.41. The van der Waals surface area contributed by atoms with Crippen molar-refractivity contribution in [2.75, 3.05) is 0 Å². The zero-order valence-electron chi connectivity index (χ0n) is 8.90. The summed E-state index contributed by atoms with van der Waals surface area (Å²) in [6.45, 7) is 2.82. The molecule has 2 aromatic rings. The largest absolute Gasteiger partial charge is 0.325 e. The fourth-order valence-electron chi connectivity index (χ4n) is 1.98. The van der Waals surface area contributed by atoms with Gasteiger partial charge in [-0.15, -0.1) is 0 Å². The Morgan fingerprint density at radius 1 is 1.40 bits per heavy atom. The average Bonchev–Trinajstić information content (AvgIpc) is 2.86. The smallest absolute Gasteiger partial charge is 0.137 e. The Balaban J connectivity index is 2.13. The first kappa shape index (κ1) is 8.92. The number of nitrogens with two attached hydrogens (primary N) is 1. The van der Waals surface area contributed by atoms with Crippen LogP contribution in [-0.2, 0) is 12.0 Å². The summed E-state index contributed by atoms with van der Waals surface area (Å²) in [5, 5.41) is 0. The van der Waals surface area contributed by atoms with Gasteiger partial charge in [-0.25, -0.2) is 4.98 Å². The number of nitrogens with zero attached hydrogens (tertiary/aromatic N) is 2. The van der Waals surface area contributed by atoms with Crippen molar-refractivity contribution < 1.29 is 0 Å². The van der Waals surface area contributed by atoms with Gasteiger partial charge in [-0.3, -0.25) is 0 Å². The summed E-state index contributed by atoms with van der Waals surface area (Å²) in [5.41, 5.74) is 9.35. The second-order valence-corrected chi connectivity index (χ2v) is 4.68. The number of hydrogen-bond donors (Lipinski definition) is 1. The van der Waals surface area contributed by atoms with E-state index in [9.17, 15) is 0 Å². The summed E-state index contributed by atoms with van der Waals surface area (Å²) in [6.07, 6.45) is 6.81. The monoisotopic (exact) mass is 201 g/mol. The molecule has 1 aliphatic carbocycles. The van der Waals surface area contributed by atoms with Gasteiger partial charge in [-0.2, -0.15) is 0 Å². The van der Waals surface area contributed by atoms with Gasteiger partial charge in [0.25, 0.3) is 0 Å². The van der Waals surface area contributed by atoms with Crippen LogP contribution in [0.15, 0.2) is 24.5 Å². The van der Waals surface area contributed by atoms with Gasteiger partial charge >= 0.3 is 0 Å². The van der Waals surface area contributed by atoms with E-state index in [-0.39, 0.29) is 0 Å². The minimum atomic E-state index is 0.418. The molecule has 3 rings (SSSR count). The number of fused-ring (bicyclic) bond motifs is 1. The number of rotatable bonds is 2. The van der Waals surface area contributed by atoms with E-state index in [0.29, 0.717) is 12.0 Å². The van der Waals surface area contributed by atoms with Crippen molar-refractivity contribution in [3.63, 3.8) is 0 Å². The molecule has 0 saturated heterocycles. The summed E-state index contributed by atoms with van der Waals surface area (Å²) in [4.78, 5) is 4.41. The average molecular weight is 201 g/mol. The van der Waals surface area contributed by atoms with Gasteiger partial charge in [0, 0.05) is 18.9 Å². The molecule has 0 spiro atoms. The Hall–Kier alpha value is -1.35. The van der Waals surface area contributed by atoms with Gasteiger partial charge < -0.3 is 10.1 Å². The molecular formula is C12H15N3. The zero-order chi connectivity index (χ0) is 10.5. The molecule has 0 aliphatic heterocycles. The van der Waals surface area contributed by atoms with Crippen molar-refractivity contribution in [1.82, 2.24) is 9.38 Å². The van der Waals surface area contributed by atoms with Crippen LogP contribution in [0.5, 0.6) is 0 Å². The van der Waals surface area contributed by atoms with Gasteiger partial charge in [0.05, 0.1) is 5.69 Å². The Kier molecular flexibility index (Phi) is 1.68. The van der Waals surface area contributed by atoms with Crippen LogP contribution in [0.3, 0.4) is 0 Å². The van der Waals surface area contributed by atoms with E-state index >= 15 is 0 Å². The molecule has 1 saturated carbocycles. The molecule has 2 N–H and O–H groups in total. The van der Waals surface area contributed by atoms with Crippen molar-refractivity contribution in [3.05, 3.63) is 35.8 Å². The lowest BCUT2D eigenvalue weighted by Gasteiger charge is -2.08. The fourth-order valence-corrected chi connectivity index (χ4v) is 1.98. The van der Waals surface area contributed by atoms with Gasteiger partial charge in [0.1, 0.15) is 5.65 Å². The summed E-state index contributed by atoms with van der Waals surface area (Å²) in [5.74, 6) is 0. The lowest BCUT2D eigenvalue weighted by molar-refractivity contribution is 0.778. The predicted octanol–water partition coefficient (Wildman–Crippen LogP) is 1.84. The molecule has 2 heterocycles. The molecule has 1 fully saturated rings. The number of imidazole rings is 1. The predicted molar refractivity (Wildman–Crippen MR) is 59.7 cm³/mol. The normalized spacial score (nSPS) is 18.3. The van der Waals surface area contributed by atoms with Gasteiger partial charge in [-0.1, -0.05) is 13.0 Å². The maximum Gasteiger partial charge on any atom is 0.137 e. The fraction of sp³-hybridized carbons (Fsp3) is 0.417. The first-order valence-corrected chi connectivity index (χ1v) is 5.39. The van der Waals surface area contributed by atoms with Crippen molar-refractivity contribution in [3.8, 4) is 0 Å². The molecule has 3 heteroatoms. The van der Waals surface area contributed by atoms with Crippen LogP contribution in [0.25, 0.3) is 5.65 Å². The van der Waals surface area contributed by atoms with E-state index in [4.69, 9.17) is 5.73 Å². The summed E-state index contributed by atoms with van der Waals surface area (Å²) >= 11 is 0. The quantitative estimate of drug-likeness (QED) is 0.805. The standard InChI is InChI=1S/C12H15N3/c1-12(4-5-12)9-2-3-11-14-10(6-13)8-15(11)7-9/h2-3,7-8H,4-6,13H2,1H3. The van der Waals surface area contributed by atoms with Crippen molar-refractivity contribution in [1.29, 1.82) is 0 Å². The highest BCUT2D eigenvalue weighted by atomic mass is 15.0. The molecule has 0 radical (unpaired) electrons. The Labute approximate surface area is 88.9 Å². The van der Waals surface area contributed by atoms with Crippen molar-refractivity contribution >= 4 is 5.65 Å². The summed E-state index contributed by atoms with van der Waals surface area (Å²) < 4.78 is 2.08. The molecule has 0 unspecified atom stereocenters. The molecule has 15 heavy (non-hydrogen) atoms. The van der Waals surface area contributed by atoms with E-state index in [1.54, 1.807) is 0 Å². The summed E-state index contributed by atoms with van der Waals surface area (Å²) in [7, 11) is 0. The molecule has 1 aliphatic rings. The number of aromatic nitrogens is 2. The Morgan fingerprint density at radius 3 is 2.87 bits per heavy atom. The van der Waals surface area contributed by atoms with Crippen LogP contribution >= 0.6 is 0 Å². The topological polar surface area (TPSA) is 43.3 Å². The van der Waals surface area contributed by atoms with Crippen LogP contribution in [0.4, 0.5) is 0 Å². The molecule has 0 bridgehead atoms. The van der Waals surface area contributed by atoms with Gasteiger partial charge in [0.2, 0.25) is 0 Å². The number of hydrogen-bond acceptors (Lipinski definition) is 2. The molecule has 0 aromatic carbocycles. The van der Waals surface area contributed by atoms with Crippen LogP contribution in [0, 0.1) is 0 Å². The van der Waals surface area contributed by atoms with Crippen molar-refractivity contribution in [2.45, 2.75) is 31.7 Å². The summed E-state index contributed by atoms with van der Waals surface area (Å²) in [6, 6.07) is 4.27. The molecule has 3 nitrogen and oxygen atoms in total. The Morgan fingerprint density at radius 2 is 2.20 bits per heavy atom. The first-order valence-electron chi connectivity index (χ1n) is 5.39. The molecule has 0 atom stereocenters. The van der Waals surface area contributed by atoms with E-state index in [2.05, 4.69) is 34.6 Å². The van der Waals surface area contributed by atoms with Crippen LogP contribution < -0.4 is 5.73 Å². The minimum absolute atomic E-state index is 0.418. The molecule has 2 aromatic heterocycles. The lowest BCUT2D eigenvalue weighted by Crippen LogP contribution is -2.01. The molecular weight excluding hydrogens is 186 g/mol. The van der Waals surface area contributed by atoms with E-state index in [0.717, 1.165) is 11.3 Å². The second kappa shape index (κ2) is 2.83. The van der Waals surface area contributed by atoms with E-state index in [1.807, 2.05) is 6.20 Å². The molecule has 0 amide bonds. The first-order chi connectivity index (χ1) is 7.21. The number of pyridine rings is 1. The Bertz CT molecular complexity index is 509. The van der Waals surface area contributed by atoms with Crippen molar-refractivity contribution in [2.24, 2.45) is 5.73 Å².